The van der Waals surface area contributed by atoms with Crippen LogP contribution in [0.1, 0.15) is 27.7 Å². The Kier molecular flexibility index (Phi) is 5.57. The molecule has 7 nitrogen and oxygen atoms in total. The molecule has 0 radical (unpaired) electrons. The fourth-order valence-corrected chi connectivity index (χ4v) is 1.86. The normalized spacial score (nSPS) is 10.8. The molecule has 0 aliphatic rings. The van der Waals surface area contributed by atoms with Crippen LogP contribution in [0.5, 0.6) is 5.75 Å². The van der Waals surface area contributed by atoms with E-state index in [0.29, 0.717) is 18.2 Å². The van der Waals surface area contributed by atoms with Crippen LogP contribution in [-0.2, 0) is 4.74 Å². The Morgan fingerprint density at radius 2 is 1.75 bits per heavy atom. The van der Waals surface area contributed by atoms with Gasteiger partial charge in [0.25, 0.3) is 0 Å². The molecule has 0 saturated carbocycles. The highest BCUT2D eigenvalue weighted by molar-refractivity contribution is 5.83. The number of para-hydroxylation sites is 2. The van der Waals surface area contributed by atoms with Gasteiger partial charge in [-0.1, -0.05) is 12.1 Å². The van der Waals surface area contributed by atoms with Gasteiger partial charge in [0.15, 0.2) is 11.6 Å². The van der Waals surface area contributed by atoms with Crippen LogP contribution in [0.2, 0.25) is 0 Å². The Bertz CT molecular complexity index is 681. The minimum atomic E-state index is -0.570. The van der Waals surface area contributed by atoms with E-state index in [1.165, 1.54) is 0 Å². The lowest BCUT2D eigenvalue weighted by atomic mass is 10.2. The zero-order chi connectivity index (χ0) is 17.6. The summed E-state index contributed by atoms with van der Waals surface area (Å²) >= 11 is 0. The van der Waals surface area contributed by atoms with E-state index < -0.39 is 11.7 Å². The molecule has 7 heteroatoms. The number of carbonyl (C=O) groups excluding carboxylic acids is 1. The van der Waals surface area contributed by atoms with Crippen molar-refractivity contribution in [3.63, 3.8) is 0 Å². The second-order valence-electron chi connectivity index (χ2n) is 5.98. The minimum Gasteiger partial charge on any atom is -0.492 e. The van der Waals surface area contributed by atoms with Crippen LogP contribution in [-0.4, -0.2) is 28.5 Å². The van der Waals surface area contributed by atoms with Gasteiger partial charge in [-0.2, -0.15) is 0 Å². The van der Waals surface area contributed by atoms with Gasteiger partial charge in [-0.15, -0.1) is 10.2 Å². The summed E-state index contributed by atoms with van der Waals surface area (Å²) in [6, 6.07) is 10.9. The second-order valence-corrected chi connectivity index (χ2v) is 5.98. The molecule has 2 N–H and O–H groups in total. The molecule has 0 saturated heterocycles. The van der Waals surface area contributed by atoms with Crippen molar-refractivity contribution in [2.45, 2.75) is 33.3 Å². The quantitative estimate of drug-likeness (QED) is 0.863. The summed E-state index contributed by atoms with van der Waals surface area (Å²) in [6.45, 7) is 7.88. The van der Waals surface area contributed by atoms with Gasteiger partial charge >= 0.3 is 6.09 Å². The number of nitrogens with zero attached hydrogens (tertiary/aromatic N) is 2. The van der Waals surface area contributed by atoms with E-state index in [9.17, 15) is 4.79 Å². The third-order valence-electron chi connectivity index (χ3n) is 2.74. The zero-order valence-electron chi connectivity index (χ0n) is 14.3. The molecule has 1 amide bonds. The van der Waals surface area contributed by atoms with E-state index in [4.69, 9.17) is 9.47 Å². The summed E-state index contributed by atoms with van der Waals surface area (Å²) in [5.74, 6) is 1.59. The van der Waals surface area contributed by atoms with Gasteiger partial charge in [-0.25, -0.2) is 4.79 Å². The monoisotopic (exact) mass is 330 g/mol. The van der Waals surface area contributed by atoms with Crippen molar-refractivity contribution in [1.82, 2.24) is 10.2 Å². The number of rotatable bonds is 5. The molecule has 0 aliphatic carbocycles. The lowest BCUT2D eigenvalue weighted by molar-refractivity contribution is 0.0635. The molecule has 0 unspecified atom stereocenters. The fraction of sp³-hybridized carbons (Fsp3) is 0.353. The van der Waals surface area contributed by atoms with Crippen LogP contribution in [0.25, 0.3) is 0 Å². The predicted molar refractivity (Wildman–Crippen MR) is 92.8 cm³/mol. The van der Waals surface area contributed by atoms with Crippen molar-refractivity contribution < 1.29 is 14.3 Å². The molecule has 0 atom stereocenters. The van der Waals surface area contributed by atoms with Crippen LogP contribution >= 0.6 is 0 Å². The van der Waals surface area contributed by atoms with Gasteiger partial charge in [0.1, 0.15) is 11.4 Å². The number of benzene rings is 1. The van der Waals surface area contributed by atoms with Gasteiger partial charge in [0.2, 0.25) is 0 Å². The van der Waals surface area contributed by atoms with Crippen LogP contribution < -0.4 is 15.4 Å². The van der Waals surface area contributed by atoms with Gasteiger partial charge in [-0.3, -0.25) is 5.32 Å². The number of hydrogen-bond acceptors (Lipinski definition) is 6. The average Bonchev–Trinajstić information content (AvgIpc) is 2.49. The van der Waals surface area contributed by atoms with E-state index in [-0.39, 0.29) is 0 Å². The Hall–Kier alpha value is -2.83. The highest BCUT2D eigenvalue weighted by Gasteiger charge is 2.16. The van der Waals surface area contributed by atoms with Crippen molar-refractivity contribution in [1.29, 1.82) is 0 Å². The van der Waals surface area contributed by atoms with Gasteiger partial charge in [0, 0.05) is 0 Å². The summed E-state index contributed by atoms with van der Waals surface area (Å²) in [5.41, 5.74) is 0.226. The van der Waals surface area contributed by atoms with E-state index in [2.05, 4.69) is 20.8 Å². The molecule has 24 heavy (non-hydrogen) atoms. The predicted octanol–water partition coefficient (Wildman–Crippen LogP) is 3.97. The number of aromatic nitrogens is 2. The molecule has 2 rings (SSSR count). The zero-order valence-corrected chi connectivity index (χ0v) is 14.3. The molecule has 0 aliphatic heterocycles. The summed E-state index contributed by atoms with van der Waals surface area (Å²) in [7, 11) is 0. The molecule has 1 aromatic heterocycles. The van der Waals surface area contributed by atoms with Crippen LogP contribution in [0, 0.1) is 0 Å². The Balaban J connectivity index is 2.01. The summed E-state index contributed by atoms with van der Waals surface area (Å²) in [4.78, 5) is 11.7. The number of anilines is 3. The van der Waals surface area contributed by atoms with Gasteiger partial charge < -0.3 is 14.8 Å². The summed E-state index contributed by atoms with van der Waals surface area (Å²) in [5, 5.41) is 13.7. The number of ether oxygens (including phenoxy) is 2. The molecule has 128 valence electrons. The highest BCUT2D eigenvalue weighted by Crippen LogP contribution is 2.26. The highest BCUT2D eigenvalue weighted by atomic mass is 16.6. The SMILES string of the molecule is CCOc1ccccc1Nc1ccc(NC(=O)OC(C)(C)C)nn1. The van der Waals surface area contributed by atoms with Crippen molar-refractivity contribution in [2.24, 2.45) is 0 Å². The van der Waals surface area contributed by atoms with Crippen LogP contribution in [0.4, 0.5) is 22.1 Å². The van der Waals surface area contributed by atoms with Crippen molar-refractivity contribution >= 4 is 23.4 Å². The smallest absolute Gasteiger partial charge is 0.413 e. The van der Waals surface area contributed by atoms with E-state index in [1.807, 2.05) is 31.2 Å². The maximum absolute atomic E-state index is 11.7. The van der Waals surface area contributed by atoms with Crippen LogP contribution in [0.15, 0.2) is 36.4 Å². The second kappa shape index (κ2) is 7.63. The minimum absolute atomic E-state index is 0.313. The number of carbonyl (C=O) groups is 1. The van der Waals surface area contributed by atoms with E-state index in [1.54, 1.807) is 32.9 Å². The first-order valence-electron chi connectivity index (χ1n) is 7.70. The van der Waals surface area contributed by atoms with E-state index in [0.717, 1.165) is 11.4 Å². The maximum atomic E-state index is 11.7. The topological polar surface area (TPSA) is 85.4 Å². The number of amides is 1. The van der Waals surface area contributed by atoms with Crippen LogP contribution in [0.3, 0.4) is 0 Å². The average molecular weight is 330 g/mol. The van der Waals surface area contributed by atoms with Crippen molar-refractivity contribution in [3.05, 3.63) is 36.4 Å². The molecule has 0 fully saturated rings. The first-order chi connectivity index (χ1) is 11.4. The Labute approximate surface area is 141 Å². The molecule has 1 aromatic carbocycles. The molecule has 0 bridgehead atoms. The van der Waals surface area contributed by atoms with Crippen molar-refractivity contribution in [2.75, 3.05) is 17.2 Å². The number of nitrogens with one attached hydrogen (secondary N) is 2. The molecule has 0 spiro atoms. The third kappa shape index (κ3) is 5.42. The van der Waals surface area contributed by atoms with Gasteiger partial charge in [0.05, 0.1) is 12.3 Å². The van der Waals surface area contributed by atoms with Crippen molar-refractivity contribution in [3.8, 4) is 5.75 Å². The lowest BCUT2D eigenvalue weighted by Crippen LogP contribution is -2.27. The Morgan fingerprint density at radius 3 is 2.38 bits per heavy atom. The van der Waals surface area contributed by atoms with E-state index >= 15 is 0 Å². The maximum Gasteiger partial charge on any atom is 0.413 e. The fourth-order valence-electron chi connectivity index (χ4n) is 1.86. The first-order valence-corrected chi connectivity index (χ1v) is 7.70. The van der Waals surface area contributed by atoms with Gasteiger partial charge in [-0.05, 0) is 52.0 Å². The molecular formula is C17H22N4O3. The molecule has 1 heterocycles. The summed E-state index contributed by atoms with van der Waals surface area (Å²) in [6.07, 6.45) is -0.570. The summed E-state index contributed by atoms with van der Waals surface area (Å²) < 4.78 is 10.7. The standard InChI is InChI=1S/C17H22N4O3/c1-5-23-13-9-7-6-8-12(13)18-14-10-11-15(21-20-14)19-16(22)24-17(2,3)4/h6-11H,5H2,1-4H3,(H,18,20)(H,19,21,22). The lowest BCUT2D eigenvalue weighted by Gasteiger charge is -2.19. The number of hydrogen-bond donors (Lipinski definition) is 2. The third-order valence-corrected chi connectivity index (χ3v) is 2.74. The first kappa shape index (κ1) is 17.5. The largest absolute Gasteiger partial charge is 0.492 e. The molecule has 2 aromatic rings. The molecular weight excluding hydrogens is 308 g/mol. The Morgan fingerprint density at radius 1 is 1.08 bits per heavy atom.